The molecule has 0 spiro atoms. The Morgan fingerprint density at radius 3 is 2.50 bits per heavy atom. The number of ether oxygens (including phenoxy) is 1. The van der Waals surface area contributed by atoms with Crippen molar-refractivity contribution in [3.63, 3.8) is 0 Å². The van der Waals surface area contributed by atoms with Gasteiger partial charge in [0.15, 0.2) is 0 Å². The maximum absolute atomic E-state index is 9.52. The molecule has 1 aliphatic heterocycles. The zero-order chi connectivity index (χ0) is 12.0. The van der Waals surface area contributed by atoms with Crippen LogP contribution in [-0.2, 0) is 4.74 Å². The maximum atomic E-state index is 9.52. The first-order chi connectivity index (χ1) is 7.69. The van der Waals surface area contributed by atoms with E-state index in [-0.39, 0.29) is 24.7 Å². The molecule has 0 bridgehead atoms. The Kier molecular flexibility index (Phi) is 5.69. The van der Waals surface area contributed by atoms with Crippen molar-refractivity contribution in [3.8, 4) is 0 Å². The Labute approximate surface area is 98.2 Å². The van der Waals surface area contributed by atoms with Crippen molar-refractivity contribution in [1.82, 2.24) is 4.90 Å². The van der Waals surface area contributed by atoms with Crippen LogP contribution < -0.4 is 0 Å². The van der Waals surface area contributed by atoms with Gasteiger partial charge < -0.3 is 14.9 Å². The van der Waals surface area contributed by atoms with Gasteiger partial charge >= 0.3 is 0 Å². The topological polar surface area (TPSA) is 52.9 Å². The second kappa shape index (κ2) is 6.55. The monoisotopic (exact) mass is 231 g/mol. The standard InChI is InChI=1S/C12H25NO3/c1-3-12(4-2,10-15)9-13-5-6-16-11(7-13)8-14/h11,14-15H,3-10H2,1-2H3. The van der Waals surface area contributed by atoms with Crippen molar-refractivity contribution in [2.75, 3.05) is 39.5 Å². The summed E-state index contributed by atoms with van der Waals surface area (Å²) in [6.07, 6.45) is 1.92. The average molecular weight is 231 g/mol. The van der Waals surface area contributed by atoms with E-state index in [1.807, 2.05) is 0 Å². The van der Waals surface area contributed by atoms with Crippen molar-refractivity contribution in [2.24, 2.45) is 5.41 Å². The van der Waals surface area contributed by atoms with E-state index in [9.17, 15) is 5.11 Å². The molecule has 1 saturated heterocycles. The molecular weight excluding hydrogens is 206 g/mol. The number of hydrogen-bond donors (Lipinski definition) is 2. The van der Waals surface area contributed by atoms with E-state index in [4.69, 9.17) is 9.84 Å². The summed E-state index contributed by atoms with van der Waals surface area (Å²) in [7, 11) is 0. The molecular formula is C12H25NO3. The molecule has 1 rings (SSSR count). The van der Waals surface area contributed by atoms with Gasteiger partial charge in [0.05, 0.1) is 19.3 Å². The van der Waals surface area contributed by atoms with Crippen LogP contribution in [0.3, 0.4) is 0 Å². The number of morpholine rings is 1. The highest BCUT2D eigenvalue weighted by Gasteiger charge is 2.30. The largest absolute Gasteiger partial charge is 0.396 e. The van der Waals surface area contributed by atoms with E-state index in [0.717, 1.165) is 32.5 Å². The summed E-state index contributed by atoms with van der Waals surface area (Å²) in [6, 6.07) is 0. The molecule has 1 aliphatic rings. The molecule has 2 N–H and O–H groups in total. The molecule has 0 saturated carbocycles. The minimum Gasteiger partial charge on any atom is -0.396 e. The molecule has 4 nitrogen and oxygen atoms in total. The zero-order valence-corrected chi connectivity index (χ0v) is 10.5. The number of rotatable bonds is 6. The Hall–Kier alpha value is -0.160. The summed E-state index contributed by atoms with van der Waals surface area (Å²) in [5.41, 5.74) is 0.0113. The third kappa shape index (κ3) is 3.42. The molecule has 96 valence electrons. The lowest BCUT2D eigenvalue weighted by atomic mass is 9.82. The lowest BCUT2D eigenvalue weighted by Crippen LogP contribution is -2.49. The summed E-state index contributed by atoms with van der Waals surface area (Å²) in [5.74, 6) is 0. The van der Waals surface area contributed by atoms with Crippen molar-refractivity contribution >= 4 is 0 Å². The van der Waals surface area contributed by atoms with Gasteiger partial charge in [-0.15, -0.1) is 0 Å². The third-order valence-corrected chi connectivity index (χ3v) is 3.82. The first-order valence-corrected chi connectivity index (χ1v) is 6.25. The molecule has 16 heavy (non-hydrogen) atoms. The van der Waals surface area contributed by atoms with Gasteiger partial charge in [0.2, 0.25) is 0 Å². The van der Waals surface area contributed by atoms with Crippen molar-refractivity contribution in [1.29, 1.82) is 0 Å². The van der Waals surface area contributed by atoms with E-state index >= 15 is 0 Å². The van der Waals surface area contributed by atoms with Gasteiger partial charge in [0.25, 0.3) is 0 Å². The van der Waals surface area contributed by atoms with E-state index in [2.05, 4.69) is 18.7 Å². The van der Waals surface area contributed by atoms with Crippen LogP contribution in [0, 0.1) is 5.41 Å². The predicted molar refractivity (Wildman–Crippen MR) is 63.4 cm³/mol. The smallest absolute Gasteiger partial charge is 0.0932 e. The molecule has 1 heterocycles. The van der Waals surface area contributed by atoms with Gasteiger partial charge in [-0.2, -0.15) is 0 Å². The molecule has 0 aromatic rings. The fourth-order valence-electron chi connectivity index (χ4n) is 2.26. The minimum atomic E-state index is -0.0566. The molecule has 0 aromatic heterocycles. The van der Waals surface area contributed by atoms with Crippen molar-refractivity contribution in [3.05, 3.63) is 0 Å². The summed E-state index contributed by atoms with van der Waals surface area (Å²) in [5, 5.41) is 18.6. The van der Waals surface area contributed by atoms with Gasteiger partial charge in [-0.25, -0.2) is 0 Å². The lowest BCUT2D eigenvalue weighted by Gasteiger charge is -2.39. The van der Waals surface area contributed by atoms with Crippen LogP contribution in [-0.4, -0.2) is 60.7 Å². The van der Waals surface area contributed by atoms with Crippen LogP contribution in [0.5, 0.6) is 0 Å². The number of hydrogen-bond acceptors (Lipinski definition) is 4. The second-order valence-corrected chi connectivity index (χ2v) is 4.78. The summed E-state index contributed by atoms with van der Waals surface area (Å²) >= 11 is 0. The summed E-state index contributed by atoms with van der Waals surface area (Å²) in [4.78, 5) is 2.30. The third-order valence-electron chi connectivity index (χ3n) is 3.82. The van der Waals surface area contributed by atoms with Crippen molar-refractivity contribution < 1.29 is 14.9 Å². The molecule has 4 heteroatoms. The van der Waals surface area contributed by atoms with Gasteiger partial charge in [-0.1, -0.05) is 13.8 Å². The van der Waals surface area contributed by atoms with Crippen LogP contribution in [0.25, 0.3) is 0 Å². The number of aliphatic hydroxyl groups is 2. The Morgan fingerprint density at radius 2 is 2.00 bits per heavy atom. The number of aliphatic hydroxyl groups excluding tert-OH is 2. The molecule has 1 unspecified atom stereocenters. The Morgan fingerprint density at radius 1 is 1.31 bits per heavy atom. The fourth-order valence-corrected chi connectivity index (χ4v) is 2.26. The normalized spacial score (nSPS) is 23.6. The van der Waals surface area contributed by atoms with Gasteiger partial charge in [0.1, 0.15) is 0 Å². The van der Waals surface area contributed by atoms with E-state index in [1.165, 1.54) is 0 Å². The summed E-state index contributed by atoms with van der Waals surface area (Å²) < 4.78 is 5.42. The lowest BCUT2D eigenvalue weighted by molar-refractivity contribution is -0.0679. The quantitative estimate of drug-likeness (QED) is 0.698. The van der Waals surface area contributed by atoms with E-state index in [1.54, 1.807) is 0 Å². The number of nitrogens with zero attached hydrogens (tertiary/aromatic N) is 1. The van der Waals surface area contributed by atoms with Gasteiger partial charge in [0, 0.05) is 31.7 Å². The van der Waals surface area contributed by atoms with E-state index < -0.39 is 0 Å². The molecule has 0 aliphatic carbocycles. The first-order valence-electron chi connectivity index (χ1n) is 6.25. The molecule has 1 atom stereocenters. The second-order valence-electron chi connectivity index (χ2n) is 4.78. The summed E-state index contributed by atoms with van der Waals surface area (Å²) in [6.45, 7) is 7.84. The molecule has 1 fully saturated rings. The minimum absolute atomic E-state index is 0.0113. The van der Waals surface area contributed by atoms with Crippen LogP contribution in [0.15, 0.2) is 0 Å². The van der Waals surface area contributed by atoms with Gasteiger partial charge in [-0.3, -0.25) is 4.90 Å². The molecule has 0 aromatic carbocycles. The van der Waals surface area contributed by atoms with Crippen LogP contribution in [0.4, 0.5) is 0 Å². The van der Waals surface area contributed by atoms with Crippen LogP contribution in [0.1, 0.15) is 26.7 Å². The first kappa shape index (κ1) is 13.9. The highest BCUT2D eigenvalue weighted by Crippen LogP contribution is 2.27. The predicted octanol–water partition coefficient (Wildman–Crippen LogP) is 0.478. The molecule has 0 amide bonds. The Balaban J connectivity index is 2.50. The average Bonchev–Trinajstić information content (AvgIpc) is 2.36. The van der Waals surface area contributed by atoms with Crippen molar-refractivity contribution in [2.45, 2.75) is 32.8 Å². The highest BCUT2D eigenvalue weighted by atomic mass is 16.5. The van der Waals surface area contributed by atoms with Crippen LogP contribution in [0.2, 0.25) is 0 Å². The Bertz CT molecular complexity index is 186. The maximum Gasteiger partial charge on any atom is 0.0932 e. The van der Waals surface area contributed by atoms with Crippen LogP contribution >= 0.6 is 0 Å². The fraction of sp³-hybridized carbons (Fsp3) is 1.00. The van der Waals surface area contributed by atoms with Gasteiger partial charge in [-0.05, 0) is 12.8 Å². The zero-order valence-electron chi connectivity index (χ0n) is 10.5. The molecule has 0 radical (unpaired) electrons. The highest BCUT2D eigenvalue weighted by molar-refractivity contribution is 4.82. The van der Waals surface area contributed by atoms with E-state index in [0.29, 0.717) is 6.61 Å². The SMILES string of the molecule is CCC(CC)(CO)CN1CCOC(CO)C1.